The molecule has 0 fully saturated rings. The Bertz CT molecular complexity index is 581. The summed E-state index contributed by atoms with van der Waals surface area (Å²) in [6, 6.07) is 14.2. The molecule has 1 N–H and O–H groups in total. The number of aryl methyl sites for hydroxylation is 1. The summed E-state index contributed by atoms with van der Waals surface area (Å²) in [5.41, 5.74) is 2.21. The van der Waals surface area contributed by atoms with Crippen LogP contribution in [0.4, 0.5) is 0 Å². The normalized spacial score (nSPS) is 10.8. The highest BCUT2D eigenvalue weighted by Gasteiger charge is 2.07. The molecule has 0 saturated carbocycles. The van der Waals surface area contributed by atoms with Crippen LogP contribution in [0, 0.1) is 6.92 Å². The molecule has 0 unspecified atom stereocenters. The highest BCUT2D eigenvalue weighted by Crippen LogP contribution is 2.30. The van der Waals surface area contributed by atoms with Crippen molar-refractivity contribution in [1.82, 2.24) is 5.32 Å². The molecular formula is C17H20ClNO. The van der Waals surface area contributed by atoms with Gasteiger partial charge in [0.15, 0.2) is 0 Å². The van der Waals surface area contributed by atoms with Gasteiger partial charge in [-0.1, -0.05) is 49.7 Å². The lowest BCUT2D eigenvalue weighted by Gasteiger charge is -2.14. The van der Waals surface area contributed by atoms with Crippen molar-refractivity contribution in [3.63, 3.8) is 0 Å². The average Bonchev–Trinajstić information content (AvgIpc) is 2.42. The molecule has 0 aliphatic heterocycles. The smallest absolute Gasteiger partial charge is 0.131 e. The van der Waals surface area contributed by atoms with E-state index in [4.69, 9.17) is 16.3 Å². The standard InChI is InChI=1S/C17H20ClNO/c1-12(2)19-11-14-6-4-5-7-16(14)20-17-10-15(18)9-8-13(17)3/h4-10,12,19H,11H2,1-3H3. The second-order valence-electron chi connectivity index (χ2n) is 5.16. The minimum absolute atomic E-state index is 0.441. The number of rotatable bonds is 5. The topological polar surface area (TPSA) is 21.3 Å². The van der Waals surface area contributed by atoms with E-state index in [0.717, 1.165) is 29.2 Å². The van der Waals surface area contributed by atoms with Crippen LogP contribution in [0.5, 0.6) is 11.5 Å². The summed E-state index contributed by atoms with van der Waals surface area (Å²) >= 11 is 6.03. The largest absolute Gasteiger partial charge is 0.457 e. The quantitative estimate of drug-likeness (QED) is 0.842. The summed E-state index contributed by atoms with van der Waals surface area (Å²) in [7, 11) is 0. The summed E-state index contributed by atoms with van der Waals surface area (Å²) in [4.78, 5) is 0. The maximum atomic E-state index is 6.03. The van der Waals surface area contributed by atoms with Gasteiger partial charge in [0.1, 0.15) is 11.5 Å². The Morgan fingerprint density at radius 3 is 2.60 bits per heavy atom. The molecule has 20 heavy (non-hydrogen) atoms. The summed E-state index contributed by atoms with van der Waals surface area (Å²) < 4.78 is 6.03. The Morgan fingerprint density at radius 1 is 1.10 bits per heavy atom. The Kier molecular flexibility index (Phi) is 5.05. The van der Waals surface area contributed by atoms with E-state index in [1.165, 1.54) is 0 Å². The Morgan fingerprint density at radius 2 is 1.85 bits per heavy atom. The average molecular weight is 290 g/mol. The van der Waals surface area contributed by atoms with Gasteiger partial charge >= 0.3 is 0 Å². The Balaban J connectivity index is 2.22. The van der Waals surface area contributed by atoms with E-state index in [0.29, 0.717) is 11.1 Å². The van der Waals surface area contributed by atoms with Crippen LogP contribution < -0.4 is 10.1 Å². The lowest BCUT2D eigenvalue weighted by molar-refractivity contribution is 0.466. The number of benzene rings is 2. The third kappa shape index (κ3) is 3.99. The molecule has 0 aliphatic rings. The van der Waals surface area contributed by atoms with Gasteiger partial charge < -0.3 is 10.1 Å². The molecule has 2 aromatic carbocycles. The van der Waals surface area contributed by atoms with Crippen LogP contribution in [0.1, 0.15) is 25.0 Å². The SMILES string of the molecule is Cc1ccc(Cl)cc1Oc1ccccc1CNC(C)C. The molecule has 3 heteroatoms. The predicted octanol–water partition coefficient (Wildman–Crippen LogP) is 4.94. The summed E-state index contributed by atoms with van der Waals surface area (Å²) in [6.07, 6.45) is 0. The van der Waals surface area contributed by atoms with Gasteiger partial charge in [0, 0.05) is 23.2 Å². The Labute approximate surface area is 125 Å². The van der Waals surface area contributed by atoms with Gasteiger partial charge in [0.25, 0.3) is 0 Å². The van der Waals surface area contributed by atoms with Crippen LogP contribution in [-0.4, -0.2) is 6.04 Å². The van der Waals surface area contributed by atoms with E-state index in [2.05, 4.69) is 25.2 Å². The maximum Gasteiger partial charge on any atom is 0.131 e. The third-order valence-electron chi connectivity index (χ3n) is 3.04. The van der Waals surface area contributed by atoms with Crippen molar-refractivity contribution in [2.75, 3.05) is 0 Å². The zero-order valence-electron chi connectivity index (χ0n) is 12.1. The highest BCUT2D eigenvalue weighted by molar-refractivity contribution is 6.30. The van der Waals surface area contributed by atoms with E-state index >= 15 is 0 Å². The van der Waals surface area contributed by atoms with Crippen LogP contribution in [0.15, 0.2) is 42.5 Å². The molecule has 0 aliphatic carbocycles. The van der Waals surface area contributed by atoms with Crippen molar-refractivity contribution in [2.24, 2.45) is 0 Å². The van der Waals surface area contributed by atoms with Crippen LogP contribution in [0.2, 0.25) is 5.02 Å². The van der Waals surface area contributed by atoms with Crippen LogP contribution >= 0.6 is 11.6 Å². The third-order valence-corrected chi connectivity index (χ3v) is 3.28. The van der Waals surface area contributed by atoms with Gasteiger partial charge in [0.05, 0.1) is 0 Å². The number of ether oxygens (including phenoxy) is 1. The maximum absolute atomic E-state index is 6.03. The lowest BCUT2D eigenvalue weighted by Crippen LogP contribution is -2.22. The van der Waals surface area contributed by atoms with Gasteiger partial charge in [0.2, 0.25) is 0 Å². The van der Waals surface area contributed by atoms with Crippen LogP contribution in [0.3, 0.4) is 0 Å². The molecule has 2 rings (SSSR count). The zero-order valence-corrected chi connectivity index (χ0v) is 12.9. The van der Waals surface area contributed by atoms with Crippen LogP contribution in [-0.2, 0) is 6.54 Å². The van der Waals surface area contributed by atoms with Gasteiger partial charge in [-0.25, -0.2) is 0 Å². The molecule has 0 bridgehead atoms. The van der Waals surface area contributed by atoms with Crippen molar-refractivity contribution in [3.05, 3.63) is 58.6 Å². The molecule has 2 aromatic rings. The van der Waals surface area contributed by atoms with E-state index in [-0.39, 0.29) is 0 Å². The first kappa shape index (κ1) is 14.9. The minimum Gasteiger partial charge on any atom is -0.457 e. The molecule has 0 spiro atoms. The van der Waals surface area contributed by atoms with Crippen LogP contribution in [0.25, 0.3) is 0 Å². The minimum atomic E-state index is 0.441. The summed E-state index contributed by atoms with van der Waals surface area (Å²) in [6.45, 7) is 7.06. The van der Waals surface area contributed by atoms with Gasteiger partial charge in [-0.05, 0) is 30.7 Å². The van der Waals surface area contributed by atoms with E-state index in [1.807, 2.05) is 43.3 Å². The fourth-order valence-electron chi connectivity index (χ4n) is 1.87. The van der Waals surface area contributed by atoms with E-state index in [9.17, 15) is 0 Å². The Hall–Kier alpha value is -1.51. The number of halogens is 1. The lowest BCUT2D eigenvalue weighted by atomic mass is 10.2. The molecule has 106 valence electrons. The fraction of sp³-hybridized carbons (Fsp3) is 0.294. The second-order valence-corrected chi connectivity index (χ2v) is 5.59. The first-order chi connectivity index (χ1) is 9.56. The van der Waals surface area contributed by atoms with Crippen molar-refractivity contribution in [1.29, 1.82) is 0 Å². The molecule has 0 atom stereocenters. The number of hydrogen-bond donors (Lipinski definition) is 1. The molecule has 0 radical (unpaired) electrons. The van der Waals surface area contributed by atoms with E-state index in [1.54, 1.807) is 0 Å². The zero-order chi connectivity index (χ0) is 14.5. The van der Waals surface area contributed by atoms with Crippen molar-refractivity contribution >= 4 is 11.6 Å². The predicted molar refractivity (Wildman–Crippen MR) is 84.7 cm³/mol. The first-order valence-corrected chi connectivity index (χ1v) is 7.19. The van der Waals surface area contributed by atoms with Crippen molar-refractivity contribution < 1.29 is 4.74 Å². The highest BCUT2D eigenvalue weighted by atomic mass is 35.5. The van der Waals surface area contributed by atoms with Gasteiger partial charge in [-0.3, -0.25) is 0 Å². The first-order valence-electron chi connectivity index (χ1n) is 6.81. The number of hydrogen-bond acceptors (Lipinski definition) is 2. The fourth-order valence-corrected chi connectivity index (χ4v) is 2.03. The molecule has 2 nitrogen and oxygen atoms in total. The number of nitrogens with one attached hydrogen (secondary N) is 1. The molecule has 0 amide bonds. The summed E-state index contributed by atoms with van der Waals surface area (Å²) in [5.74, 6) is 1.67. The summed E-state index contributed by atoms with van der Waals surface area (Å²) in [5, 5.41) is 4.09. The molecule has 0 saturated heterocycles. The van der Waals surface area contributed by atoms with Gasteiger partial charge in [-0.15, -0.1) is 0 Å². The molecule has 0 aromatic heterocycles. The molecular weight excluding hydrogens is 270 g/mol. The van der Waals surface area contributed by atoms with Crippen molar-refractivity contribution in [3.8, 4) is 11.5 Å². The second kappa shape index (κ2) is 6.78. The van der Waals surface area contributed by atoms with E-state index < -0.39 is 0 Å². The number of para-hydroxylation sites is 1. The van der Waals surface area contributed by atoms with Gasteiger partial charge in [-0.2, -0.15) is 0 Å². The monoisotopic (exact) mass is 289 g/mol. The molecule has 0 heterocycles. The van der Waals surface area contributed by atoms with Crippen molar-refractivity contribution in [2.45, 2.75) is 33.4 Å².